The van der Waals surface area contributed by atoms with E-state index in [0.717, 1.165) is 26.8 Å². The smallest absolute Gasteiger partial charge is 0.307 e. The summed E-state index contributed by atoms with van der Waals surface area (Å²) in [6.07, 6.45) is 0.00185. The van der Waals surface area contributed by atoms with Crippen molar-refractivity contribution in [1.82, 2.24) is 0 Å². The maximum Gasteiger partial charge on any atom is 0.307 e. The van der Waals surface area contributed by atoms with Crippen molar-refractivity contribution in [1.29, 1.82) is 0 Å². The number of hydrogen-bond acceptors (Lipinski definition) is 5. The van der Waals surface area contributed by atoms with Gasteiger partial charge in [0.1, 0.15) is 23.9 Å². The number of ether oxygens (including phenoxy) is 1. The molecule has 2 aromatic carbocycles. The maximum absolute atomic E-state index is 11.0. The minimum atomic E-state index is -0.847. The van der Waals surface area contributed by atoms with Crippen LogP contribution in [-0.2, 0) is 17.8 Å². The number of hydrogen-bond donors (Lipinski definition) is 3. The van der Waals surface area contributed by atoms with E-state index in [2.05, 4.69) is 0 Å². The van der Waals surface area contributed by atoms with Gasteiger partial charge in [0.05, 0.1) is 6.42 Å². The van der Waals surface area contributed by atoms with Crippen molar-refractivity contribution in [2.75, 3.05) is 0 Å². The molecule has 3 N–H and O–H groups in total. The summed E-state index contributed by atoms with van der Waals surface area (Å²) >= 11 is 1.51. The summed E-state index contributed by atoms with van der Waals surface area (Å²) in [5, 5.41) is 31.1. The van der Waals surface area contributed by atoms with Gasteiger partial charge in [-0.1, -0.05) is 0 Å². The van der Waals surface area contributed by atoms with Crippen LogP contribution in [-0.4, -0.2) is 21.3 Å². The Labute approximate surface area is 148 Å². The third kappa shape index (κ3) is 3.39. The summed E-state index contributed by atoms with van der Waals surface area (Å²) in [5.74, 6) is -0.171. The van der Waals surface area contributed by atoms with Crippen LogP contribution >= 0.6 is 11.3 Å². The van der Waals surface area contributed by atoms with Crippen molar-refractivity contribution in [3.63, 3.8) is 0 Å². The molecule has 0 amide bonds. The fourth-order valence-corrected chi connectivity index (χ4v) is 4.01. The second-order valence-electron chi connectivity index (χ2n) is 5.95. The zero-order valence-electron chi connectivity index (χ0n) is 13.9. The van der Waals surface area contributed by atoms with Crippen molar-refractivity contribution >= 4 is 27.4 Å². The number of thiophene rings is 1. The van der Waals surface area contributed by atoms with Crippen LogP contribution in [0.25, 0.3) is 10.1 Å². The van der Waals surface area contributed by atoms with Gasteiger partial charge < -0.3 is 20.1 Å². The van der Waals surface area contributed by atoms with E-state index >= 15 is 0 Å². The molecule has 6 heteroatoms. The molecule has 0 saturated heterocycles. The van der Waals surface area contributed by atoms with Gasteiger partial charge in [-0.15, -0.1) is 11.3 Å². The topological polar surface area (TPSA) is 87.0 Å². The Balaban J connectivity index is 1.92. The van der Waals surface area contributed by atoms with E-state index in [0.29, 0.717) is 11.3 Å². The SMILES string of the molecule is Cc1c(OCc2ccc(O)cc2O)cc(C)c2c(CC(=O)O)csc12. The number of carbonyl (C=O) groups is 1. The summed E-state index contributed by atoms with van der Waals surface area (Å²) in [6.45, 7) is 4.05. The molecule has 3 aromatic rings. The number of carboxylic acid groups (broad SMARTS) is 1. The highest BCUT2D eigenvalue weighted by Gasteiger charge is 2.15. The molecule has 0 aliphatic carbocycles. The average Bonchev–Trinajstić information content (AvgIpc) is 2.94. The summed E-state index contributed by atoms with van der Waals surface area (Å²) in [4.78, 5) is 11.0. The largest absolute Gasteiger partial charge is 0.508 e. The Bertz CT molecular complexity index is 958. The lowest BCUT2D eigenvalue weighted by Crippen LogP contribution is -2.01. The number of rotatable bonds is 5. The molecule has 0 bridgehead atoms. The lowest BCUT2D eigenvalue weighted by atomic mass is 10.0. The Hall–Kier alpha value is -2.73. The standard InChI is InChI=1S/C19H18O5S/c1-10-5-16(24-8-12-3-4-14(20)7-15(12)21)11(2)19-18(10)13(9-25-19)6-17(22)23/h3-5,7,9,20-21H,6,8H2,1-2H3,(H,22,23). The van der Waals surface area contributed by atoms with E-state index in [1.807, 2.05) is 25.3 Å². The molecule has 1 aromatic heterocycles. The summed E-state index contributed by atoms with van der Waals surface area (Å²) in [7, 11) is 0. The quantitative estimate of drug-likeness (QED) is 0.638. The van der Waals surface area contributed by atoms with Gasteiger partial charge in [0.25, 0.3) is 0 Å². The van der Waals surface area contributed by atoms with Crippen LogP contribution in [0.2, 0.25) is 0 Å². The number of benzene rings is 2. The van der Waals surface area contributed by atoms with Gasteiger partial charge in [-0.2, -0.15) is 0 Å². The predicted octanol–water partition coefficient (Wildman–Crippen LogP) is 4.14. The van der Waals surface area contributed by atoms with Crippen LogP contribution in [0, 0.1) is 13.8 Å². The Morgan fingerprint density at radius 2 is 1.92 bits per heavy atom. The van der Waals surface area contributed by atoms with Crippen molar-refractivity contribution in [2.45, 2.75) is 26.9 Å². The summed E-state index contributed by atoms with van der Waals surface area (Å²) < 4.78 is 6.89. The molecule has 0 fully saturated rings. The highest BCUT2D eigenvalue weighted by atomic mass is 32.1. The fraction of sp³-hybridized carbons (Fsp3) is 0.211. The number of aromatic hydroxyl groups is 2. The lowest BCUT2D eigenvalue weighted by Gasteiger charge is -2.13. The van der Waals surface area contributed by atoms with Gasteiger partial charge in [0.2, 0.25) is 0 Å². The Morgan fingerprint density at radius 3 is 2.60 bits per heavy atom. The first-order valence-corrected chi connectivity index (χ1v) is 8.60. The molecule has 0 aliphatic heterocycles. The Kier molecular flexibility index (Phi) is 4.55. The van der Waals surface area contributed by atoms with Crippen LogP contribution in [0.5, 0.6) is 17.2 Å². The first kappa shape index (κ1) is 17.1. The van der Waals surface area contributed by atoms with E-state index in [4.69, 9.17) is 9.84 Å². The molecular formula is C19H18O5S. The third-order valence-corrected chi connectivity index (χ3v) is 5.26. The fourth-order valence-electron chi connectivity index (χ4n) is 2.86. The van der Waals surface area contributed by atoms with Gasteiger partial charge in [-0.05, 0) is 53.9 Å². The van der Waals surface area contributed by atoms with Crippen LogP contribution in [0.3, 0.4) is 0 Å². The van der Waals surface area contributed by atoms with Crippen LogP contribution in [0.4, 0.5) is 0 Å². The minimum absolute atomic E-state index is 0.000704. The molecule has 1 heterocycles. The number of fused-ring (bicyclic) bond motifs is 1. The number of phenols is 2. The van der Waals surface area contributed by atoms with Crippen LogP contribution in [0.15, 0.2) is 29.6 Å². The zero-order valence-corrected chi connectivity index (χ0v) is 14.7. The molecule has 0 radical (unpaired) electrons. The molecule has 5 nitrogen and oxygen atoms in total. The normalized spacial score (nSPS) is 11.0. The number of carboxylic acids is 1. The van der Waals surface area contributed by atoms with Gasteiger partial charge in [0, 0.05) is 21.9 Å². The monoisotopic (exact) mass is 358 g/mol. The second-order valence-corrected chi connectivity index (χ2v) is 6.83. The number of aliphatic carboxylic acids is 1. The molecule has 0 aliphatic rings. The molecule has 0 atom stereocenters. The average molecular weight is 358 g/mol. The van der Waals surface area contributed by atoms with Gasteiger partial charge in [0.15, 0.2) is 0 Å². The molecule has 0 spiro atoms. The molecule has 130 valence electrons. The Morgan fingerprint density at radius 1 is 1.16 bits per heavy atom. The first-order chi connectivity index (χ1) is 11.9. The van der Waals surface area contributed by atoms with Crippen molar-refractivity contribution < 1.29 is 24.9 Å². The lowest BCUT2D eigenvalue weighted by molar-refractivity contribution is -0.136. The number of aryl methyl sites for hydroxylation is 2. The number of phenolic OH excluding ortho intramolecular Hbond substituents is 2. The molecule has 0 unspecified atom stereocenters. The summed E-state index contributed by atoms with van der Waals surface area (Å²) in [6, 6.07) is 6.28. The first-order valence-electron chi connectivity index (χ1n) is 7.72. The third-order valence-electron chi connectivity index (χ3n) is 4.11. The molecular weight excluding hydrogens is 340 g/mol. The second kappa shape index (κ2) is 6.64. The van der Waals surface area contributed by atoms with E-state index in [-0.39, 0.29) is 24.5 Å². The van der Waals surface area contributed by atoms with Crippen LogP contribution in [0.1, 0.15) is 22.3 Å². The predicted molar refractivity (Wildman–Crippen MR) is 96.7 cm³/mol. The summed E-state index contributed by atoms with van der Waals surface area (Å²) in [5.41, 5.74) is 3.30. The van der Waals surface area contributed by atoms with Gasteiger partial charge in [-0.3, -0.25) is 4.79 Å². The van der Waals surface area contributed by atoms with E-state index in [1.165, 1.54) is 23.5 Å². The van der Waals surface area contributed by atoms with Crippen molar-refractivity contribution in [3.05, 3.63) is 51.9 Å². The molecule has 0 saturated carbocycles. The van der Waals surface area contributed by atoms with Crippen molar-refractivity contribution in [3.8, 4) is 17.2 Å². The van der Waals surface area contributed by atoms with Gasteiger partial charge in [-0.25, -0.2) is 0 Å². The van der Waals surface area contributed by atoms with Crippen molar-refractivity contribution in [2.24, 2.45) is 0 Å². The van der Waals surface area contributed by atoms with E-state index in [1.54, 1.807) is 6.07 Å². The highest BCUT2D eigenvalue weighted by Crippen LogP contribution is 2.37. The maximum atomic E-state index is 11.0. The van der Waals surface area contributed by atoms with Crippen LogP contribution < -0.4 is 4.74 Å². The molecule has 3 rings (SSSR count). The van der Waals surface area contributed by atoms with E-state index in [9.17, 15) is 15.0 Å². The highest BCUT2D eigenvalue weighted by molar-refractivity contribution is 7.17. The zero-order chi connectivity index (χ0) is 18.1. The minimum Gasteiger partial charge on any atom is -0.508 e. The molecule has 25 heavy (non-hydrogen) atoms. The van der Waals surface area contributed by atoms with E-state index < -0.39 is 5.97 Å². The van der Waals surface area contributed by atoms with Gasteiger partial charge >= 0.3 is 5.97 Å².